The van der Waals surface area contributed by atoms with Crippen molar-refractivity contribution < 1.29 is 33.1 Å². The van der Waals surface area contributed by atoms with Crippen molar-refractivity contribution in [3.05, 3.63) is 70.7 Å². The van der Waals surface area contributed by atoms with Gasteiger partial charge in [-0.3, -0.25) is 9.59 Å². The number of halogens is 2. The quantitative estimate of drug-likeness (QED) is 0.351. The summed E-state index contributed by atoms with van der Waals surface area (Å²) in [5.74, 6) is -2.04. The number of nitrogens with zero attached hydrogens (tertiary/aromatic N) is 1. The number of rotatable bonds is 11. The molecule has 0 aliphatic rings. The summed E-state index contributed by atoms with van der Waals surface area (Å²) in [6.45, 7) is 3.70. The maximum Gasteiger partial charge on any atom is 0.314 e. The molecule has 192 valence electrons. The first-order chi connectivity index (χ1) is 17.1. The van der Waals surface area contributed by atoms with Crippen LogP contribution >= 0.6 is 11.6 Å². The molecular weight excluding hydrogens is 491 g/mol. The Morgan fingerprint density at radius 1 is 1.22 bits per heavy atom. The Hall–Kier alpha value is -3.43. The van der Waals surface area contributed by atoms with Crippen molar-refractivity contribution in [2.24, 2.45) is 5.41 Å². The van der Waals surface area contributed by atoms with Crippen LogP contribution in [-0.4, -0.2) is 48.5 Å². The third kappa shape index (κ3) is 6.83. The number of carbonyl (C=O) groups is 2. The SMILES string of the molecule is CCOC(=O)[C@](C)(COC)C[C@@H](Cc1ccc(-c2cc(Cl)ccc2F)cc1)NC(=O)c1cc(O)no1. The van der Waals surface area contributed by atoms with E-state index in [1.807, 2.05) is 12.1 Å². The Morgan fingerprint density at radius 2 is 1.94 bits per heavy atom. The van der Waals surface area contributed by atoms with Crippen LogP contribution in [0.5, 0.6) is 5.88 Å². The molecule has 0 aliphatic carbocycles. The van der Waals surface area contributed by atoms with Gasteiger partial charge in [-0.1, -0.05) is 35.9 Å². The van der Waals surface area contributed by atoms with Gasteiger partial charge >= 0.3 is 5.97 Å². The van der Waals surface area contributed by atoms with Gasteiger partial charge in [0.05, 0.1) is 24.7 Å². The van der Waals surface area contributed by atoms with E-state index in [1.54, 1.807) is 32.0 Å². The third-order valence-electron chi connectivity index (χ3n) is 5.66. The summed E-state index contributed by atoms with van der Waals surface area (Å²) in [7, 11) is 1.48. The van der Waals surface area contributed by atoms with Gasteiger partial charge in [-0.2, -0.15) is 0 Å². The summed E-state index contributed by atoms with van der Waals surface area (Å²) in [6, 6.07) is 12.0. The molecule has 1 amide bonds. The number of benzene rings is 2. The molecule has 2 aromatic carbocycles. The molecule has 0 saturated heterocycles. The number of aromatic hydroxyl groups is 1. The molecule has 3 aromatic rings. The van der Waals surface area contributed by atoms with E-state index >= 15 is 0 Å². The van der Waals surface area contributed by atoms with Crippen LogP contribution in [0.25, 0.3) is 11.1 Å². The van der Waals surface area contributed by atoms with E-state index < -0.39 is 35.0 Å². The van der Waals surface area contributed by atoms with E-state index in [9.17, 15) is 19.1 Å². The van der Waals surface area contributed by atoms with Crippen molar-refractivity contribution in [3.8, 4) is 17.0 Å². The molecule has 2 N–H and O–H groups in total. The topological polar surface area (TPSA) is 111 Å². The van der Waals surface area contributed by atoms with Crippen LogP contribution in [0.3, 0.4) is 0 Å². The van der Waals surface area contributed by atoms with Crippen molar-refractivity contribution in [1.82, 2.24) is 10.5 Å². The largest absolute Gasteiger partial charge is 0.491 e. The first-order valence-electron chi connectivity index (χ1n) is 11.3. The van der Waals surface area contributed by atoms with Crippen molar-refractivity contribution in [3.63, 3.8) is 0 Å². The molecule has 2 atom stereocenters. The lowest BCUT2D eigenvalue weighted by atomic mass is 9.82. The first-order valence-corrected chi connectivity index (χ1v) is 11.7. The standard InChI is InChI=1S/C26H28ClFN2O6/c1-4-35-25(33)26(2,15-34-3)14-19(29-24(32)22-13-23(31)30-36-22)11-16-5-7-17(8-6-16)20-12-18(27)9-10-21(20)28/h5-10,12-13,19H,4,11,14-15H2,1-3H3,(H,29,32)(H,30,31)/t19-,26+/m1/s1. The van der Waals surface area contributed by atoms with Crippen LogP contribution in [0.2, 0.25) is 5.02 Å². The molecule has 0 fully saturated rings. The second-order valence-corrected chi connectivity index (χ2v) is 9.10. The lowest BCUT2D eigenvalue weighted by molar-refractivity contribution is -0.158. The van der Waals surface area contributed by atoms with Crippen LogP contribution < -0.4 is 5.32 Å². The van der Waals surface area contributed by atoms with E-state index in [0.717, 1.165) is 11.6 Å². The minimum Gasteiger partial charge on any atom is -0.491 e. The Kier molecular flexibility index (Phi) is 9.06. The number of hydrogen-bond acceptors (Lipinski definition) is 7. The average molecular weight is 519 g/mol. The van der Waals surface area contributed by atoms with Gasteiger partial charge in [-0.25, -0.2) is 4.39 Å². The Balaban J connectivity index is 1.86. The molecular formula is C26H28ClFN2O6. The maximum atomic E-state index is 14.3. The van der Waals surface area contributed by atoms with Crippen LogP contribution in [0.4, 0.5) is 4.39 Å². The zero-order valence-electron chi connectivity index (χ0n) is 20.2. The Bertz CT molecular complexity index is 1200. The number of aromatic nitrogens is 1. The second kappa shape index (κ2) is 12.0. The van der Waals surface area contributed by atoms with Gasteiger partial charge in [0.1, 0.15) is 5.82 Å². The summed E-state index contributed by atoms with van der Waals surface area (Å²) >= 11 is 6.02. The highest BCUT2D eigenvalue weighted by molar-refractivity contribution is 6.30. The molecule has 0 unspecified atom stereocenters. The van der Waals surface area contributed by atoms with Gasteiger partial charge in [0.15, 0.2) is 0 Å². The fraction of sp³-hybridized carbons (Fsp3) is 0.346. The van der Waals surface area contributed by atoms with Crippen LogP contribution in [0.1, 0.15) is 36.4 Å². The normalized spacial score (nSPS) is 13.6. The van der Waals surface area contributed by atoms with Crippen molar-refractivity contribution in [2.75, 3.05) is 20.3 Å². The smallest absolute Gasteiger partial charge is 0.314 e. The van der Waals surface area contributed by atoms with Gasteiger partial charge in [0, 0.05) is 23.7 Å². The van der Waals surface area contributed by atoms with E-state index in [1.165, 1.54) is 19.2 Å². The molecule has 1 heterocycles. The predicted molar refractivity (Wildman–Crippen MR) is 131 cm³/mol. The number of carbonyl (C=O) groups excluding carboxylic acids is 2. The highest BCUT2D eigenvalue weighted by Crippen LogP contribution is 2.29. The second-order valence-electron chi connectivity index (χ2n) is 8.66. The van der Waals surface area contributed by atoms with Gasteiger partial charge < -0.3 is 24.4 Å². The highest BCUT2D eigenvalue weighted by atomic mass is 35.5. The van der Waals surface area contributed by atoms with Crippen LogP contribution in [0, 0.1) is 11.2 Å². The summed E-state index contributed by atoms with van der Waals surface area (Å²) in [5.41, 5.74) is 0.803. The molecule has 0 aliphatic heterocycles. The molecule has 0 bridgehead atoms. The van der Waals surface area contributed by atoms with Crippen molar-refractivity contribution in [2.45, 2.75) is 32.7 Å². The summed E-state index contributed by atoms with van der Waals surface area (Å²) in [4.78, 5) is 25.5. The summed E-state index contributed by atoms with van der Waals surface area (Å²) in [6.07, 6.45) is 0.527. The molecule has 1 aromatic heterocycles. The number of methoxy groups -OCH3 is 1. The monoisotopic (exact) mass is 518 g/mol. The van der Waals surface area contributed by atoms with Gasteiger partial charge in [-0.15, -0.1) is 0 Å². The predicted octanol–water partition coefficient (Wildman–Crippen LogP) is 4.79. The van der Waals surface area contributed by atoms with E-state index in [-0.39, 0.29) is 25.4 Å². The van der Waals surface area contributed by atoms with Gasteiger partial charge in [0.2, 0.25) is 5.76 Å². The van der Waals surface area contributed by atoms with Gasteiger partial charge in [0.25, 0.3) is 11.8 Å². The van der Waals surface area contributed by atoms with E-state index in [4.69, 9.17) is 25.6 Å². The third-order valence-corrected chi connectivity index (χ3v) is 5.90. The lowest BCUT2D eigenvalue weighted by Crippen LogP contribution is -2.45. The molecule has 8 nitrogen and oxygen atoms in total. The number of nitrogens with one attached hydrogen (secondary N) is 1. The maximum absolute atomic E-state index is 14.3. The first kappa shape index (κ1) is 27.2. The van der Waals surface area contributed by atoms with Crippen LogP contribution in [0.15, 0.2) is 53.1 Å². The number of ether oxygens (including phenoxy) is 2. The molecule has 0 spiro atoms. The fourth-order valence-corrected chi connectivity index (χ4v) is 4.17. The van der Waals surface area contributed by atoms with Crippen molar-refractivity contribution in [1.29, 1.82) is 0 Å². The average Bonchev–Trinajstić information content (AvgIpc) is 3.28. The highest BCUT2D eigenvalue weighted by Gasteiger charge is 2.38. The molecule has 36 heavy (non-hydrogen) atoms. The molecule has 0 saturated carbocycles. The molecule has 3 rings (SSSR count). The molecule has 10 heteroatoms. The summed E-state index contributed by atoms with van der Waals surface area (Å²) in [5, 5.41) is 16.0. The zero-order valence-corrected chi connectivity index (χ0v) is 21.0. The number of esters is 1. The van der Waals surface area contributed by atoms with E-state index in [2.05, 4.69) is 10.5 Å². The van der Waals surface area contributed by atoms with Crippen LogP contribution in [-0.2, 0) is 20.7 Å². The zero-order chi connectivity index (χ0) is 26.3. The minimum atomic E-state index is -1.05. The lowest BCUT2D eigenvalue weighted by Gasteiger charge is -2.31. The van der Waals surface area contributed by atoms with E-state index in [0.29, 0.717) is 22.6 Å². The van der Waals surface area contributed by atoms with Crippen molar-refractivity contribution >= 4 is 23.5 Å². The Morgan fingerprint density at radius 3 is 2.56 bits per heavy atom. The number of hydrogen-bond donors (Lipinski definition) is 2. The fourth-order valence-electron chi connectivity index (χ4n) is 4.00. The molecule has 0 radical (unpaired) electrons. The Labute approximate surface area is 213 Å². The minimum absolute atomic E-state index is 0.0777. The van der Waals surface area contributed by atoms with Gasteiger partial charge in [-0.05, 0) is 61.2 Å². The summed E-state index contributed by atoms with van der Waals surface area (Å²) < 4.78 is 29.7. The number of amides is 1.